The van der Waals surface area contributed by atoms with E-state index in [4.69, 9.17) is 0 Å². The van der Waals surface area contributed by atoms with Crippen molar-refractivity contribution in [2.75, 3.05) is 20.1 Å². The lowest BCUT2D eigenvalue weighted by molar-refractivity contribution is -0.119. The molecule has 1 N–H and O–H groups in total. The van der Waals surface area contributed by atoms with Crippen LogP contribution in [0.4, 0.5) is 0 Å². The number of carbonyl (C=O) groups is 1. The fourth-order valence-corrected chi connectivity index (χ4v) is 2.22. The molecule has 0 amide bonds. The molecule has 2 atom stereocenters. The van der Waals surface area contributed by atoms with Gasteiger partial charge in [0.15, 0.2) is 0 Å². The highest BCUT2D eigenvalue weighted by Gasteiger charge is 2.31. The van der Waals surface area contributed by atoms with Crippen LogP contribution in [0, 0.1) is 0 Å². The zero-order chi connectivity index (χ0) is 8.55. The minimum atomic E-state index is 0.443. The van der Waals surface area contributed by atoms with Crippen LogP contribution in [0.2, 0.25) is 0 Å². The van der Waals surface area contributed by atoms with Gasteiger partial charge in [-0.05, 0) is 13.5 Å². The standard InChI is InChI=1S/C9H16N2O/c1-11-7-2-3-9(12)4-8(11)6-10-5-7/h7-8,10H,2-6H2,1H3. The number of hydrogen-bond acceptors (Lipinski definition) is 3. The van der Waals surface area contributed by atoms with Crippen LogP contribution in [0.25, 0.3) is 0 Å². The first-order valence-electron chi connectivity index (χ1n) is 4.71. The molecule has 0 aliphatic carbocycles. The average molecular weight is 168 g/mol. The Kier molecular flexibility index (Phi) is 2.15. The van der Waals surface area contributed by atoms with E-state index in [0.29, 0.717) is 17.9 Å². The SMILES string of the molecule is CN1C2CCC(=O)CC1CNC2. The molecule has 2 bridgehead atoms. The van der Waals surface area contributed by atoms with E-state index in [9.17, 15) is 4.79 Å². The van der Waals surface area contributed by atoms with E-state index in [1.54, 1.807) is 0 Å². The number of hydrogen-bond donors (Lipinski definition) is 1. The Morgan fingerprint density at radius 1 is 1.42 bits per heavy atom. The van der Waals surface area contributed by atoms with Crippen molar-refractivity contribution < 1.29 is 4.79 Å². The minimum Gasteiger partial charge on any atom is -0.314 e. The third-order valence-electron chi connectivity index (χ3n) is 3.13. The van der Waals surface area contributed by atoms with Gasteiger partial charge in [-0.2, -0.15) is 0 Å². The molecule has 2 unspecified atom stereocenters. The monoisotopic (exact) mass is 168 g/mol. The van der Waals surface area contributed by atoms with Crippen molar-refractivity contribution in [2.45, 2.75) is 31.3 Å². The summed E-state index contributed by atoms with van der Waals surface area (Å²) in [6.45, 7) is 2.04. The Morgan fingerprint density at radius 2 is 2.17 bits per heavy atom. The molecule has 0 aromatic heterocycles. The smallest absolute Gasteiger partial charge is 0.134 e. The Morgan fingerprint density at radius 3 is 3.00 bits per heavy atom. The number of ketones is 1. The Balaban J connectivity index is 2.13. The van der Waals surface area contributed by atoms with Gasteiger partial charge in [-0.3, -0.25) is 9.69 Å². The van der Waals surface area contributed by atoms with E-state index >= 15 is 0 Å². The summed E-state index contributed by atoms with van der Waals surface area (Å²) in [6.07, 6.45) is 2.58. The van der Waals surface area contributed by atoms with Gasteiger partial charge in [0.1, 0.15) is 5.78 Å². The van der Waals surface area contributed by atoms with E-state index in [2.05, 4.69) is 17.3 Å². The Hall–Kier alpha value is -0.410. The van der Waals surface area contributed by atoms with Gasteiger partial charge in [0.05, 0.1) is 0 Å². The number of fused-ring (bicyclic) bond motifs is 2. The molecule has 68 valence electrons. The van der Waals surface area contributed by atoms with Crippen LogP contribution in [-0.4, -0.2) is 42.9 Å². The van der Waals surface area contributed by atoms with E-state index < -0.39 is 0 Å². The fourth-order valence-electron chi connectivity index (χ4n) is 2.22. The summed E-state index contributed by atoms with van der Waals surface area (Å²) in [5, 5.41) is 3.38. The Labute approximate surface area is 73.1 Å². The molecule has 2 aliphatic heterocycles. The summed E-state index contributed by atoms with van der Waals surface area (Å²) in [5.41, 5.74) is 0. The number of rotatable bonds is 0. The number of likely N-dealkylation sites (N-methyl/N-ethyl adjacent to an activating group) is 1. The van der Waals surface area contributed by atoms with Crippen molar-refractivity contribution in [2.24, 2.45) is 0 Å². The summed E-state index contributed by atoms with van der Waals surface area (Å²) in [4.78, 5) is 13.7. The molecule has 0 aromatic rings. The van der Waals surface area contributed by atoms with Crippen molar-refractivity contribution in [1.29, 1.82) is 0 Å². The largest absolute Gasteiger partial charge is 0.314 e. The number of piperazine rings is 1. The van der Waals surface area contributed by atoms with Crippen molar-refractivity contribution in [1.82, 2.24) is 10.2 Å². The minimum absolute atomic E-state index is 0.443. The zero-order valence-corrected chi connectivity index (χ0v) is 7.55. The molecular weight excluding hydrogens is 152 g/mol. The number of nitrogens with zero attached hydrogens (tertiary/aromatic N) is 1. The van der Waals surface area contributed by atoms with Crippen molar-refractivity contribution in [3.8, 4) is 0 Å². The second-order valence-electron chi connectivity index (χ2n) is 3.91. The van der Waals surface area contributed by atoms with Crippen LogP contribution < -0.4 is 5.32 Å². The normalized spacial score (nSPS) is 37.9. The highest BCUT2D eigenvalue weighted by Crippen LogP contribution is 2.20. The second kappa shape index (κ2) is 3.15. The van der Waals surface area contributed by atoms with E-state index in [0.717, 1.165) is 32.4 Å². The molecule has 2 aliphatic rings. The summed E-state index contributed by atoms with van der Waals surface area (Å²) in [7, 11) is 2.15. The molecule has 0 spiro atoms. The van der Waals surface area contributed by atoms with Crippen molar-refractivity contribution in [3.05, 3.63) is 0 Å². The van der Waals surface area contributed by atoms with E-state index in [1.165, 1.54) is 0 Å². The van der Waals surface area contributed by atoms with Gasteiger partial charge < -0.3 is 5.32 Å². The molecule has 2 fully saturated rings. The van der Waals surface area contributed by atoms with Gasteiger partial charge in [0, 0.05) is 38.0 Å². The molecule has 2 heterocycles. The van der Waals surface area contributed by atoms with Crippen molar-refractivity contribution in [3.63, 3.8) is 0 Å². The first-order valence-corrected chi connectivity index (χ1v) is 4.71. The van der Waals surface area contributed by atoms with Crippen LogP contribution in [0.1, 0.15) is 19.3 Å². The second-order valence-corrected chi connectivity index (χ2v) is 3.91. The van der Waals surface area contributed by atoms with Gasteiger partial charge in [-0.15, -0.1) is 0 Å². The number of Topliss-reactive ketones (excluding diaryl/α,β-unsaturated/α-hetero) is 1. The van der Waals surface area contributed by atoms with Crippen LogP contribution in [0.15, 0.2) is 0 Å². The molecule has 0 aromatic carbocycles. The molecule has 0 radical (unpaired) electrons. The Bertz CT molecular complexity index is 193. The van der Waals surface area contributed by atoms with Gasteiger partial charge >= 0.3 is 0 Å². The lowest BCUT2D eigenvalue weighted by Crippen LogP contribution is -2.54. The maximum atomic E-state index is 11.3. The van der Waals surface area contributed by atoms with Crippen LogP contribution >= 0.6 is 0 Å². The topological polar surface area (TPSA) is 32.3 Å². The number of carbonyl (C=O) groups excluding carboxylic acids is 1. The fraction of sp³-hybridized carbons (Fsp3) is 0.889. The van der Waals surface area contributed by atoms with Gasteiger partial charge in [0.25, 0.3) is 0 Å². The summed E-state index contributed by atoms with van der Waals surface area (Å²) in [5.74, 6) is 0.443. The quantitative estimate of drug-likeness (QED) is 0.553. The maximum Gasteiger partial charge on any atom is 0.134 e. The van der Waals surface area contributed by atoms with Crippen LogP contribution in [-0.2, 0) is 4.79 Å². The lowest BCUT2D eigenvalue weighted by atomic mass is 10.1. The van der Waals surface area contributed by atoms with Gasteiger partial charge in [-0.1, -0.05) is 0 Å². The predicted octanol–water partition coefficient (Wildman–Crippen LogP) is 0.0116. The molecule has 2 rings (SSSR count). The third kappa shape index (κ3) is 1.39. The summed E-state index contributed by atoms with van der Waals surface area (Å²) >= 11 is 0. The predicted molar refractivity (Wildman–Crippen MR) is 47.1 cm³/mol. The molecule has 3 nitrogen and oxygen atoms in total. The molecule has 2 saturated heterocycles. The summed E-state index contributed by atoms with van der Waals surface area (Å²) < 4.78 is 0. The third-order valence-corrected chi connectivity index (χ3v) is 3.13. The molecule has 12 heavy (non-hydrogen) atoms. The molecule has 0 saturated carbocycles. The van der Waals surface area contributed by atoms with E-state index in [-0.39, 0.29) is 0 Å². The maximum absolute atomic E-state index is 11.3. The van der Waals surface area contributed by atoms with Gasteiger partial charge in [0.2, 0.25) is 0 Å². The summed E-state index contributed by atoms with van der Waals surface area (Å²) in [6, 6.07) is 1.05. The first kappa shape index (κ1) is 8.20. The molecule has 3 heteroatoms. The van der Waals surface area contributed by atoms with Crippen molar-refractivity contribution >= 4 is 5.78 Å². The zero-order valence-electron chi connectivity index (χ0n) is 7.55. The van der Waals surface area contributed by atoms with Crippen LogP contribution in [0.3, 0.4) is 0 Å². The first-order chi connectivity index (χ1) is 5.77. The highest BCUT2D eigenvalue weighted by molar-refractivity contribution is 5.79. The van der Waals surface area contributed by atoms with E-state index in [1.807, 2.05) is 0 Å². The van der Waals surface area contributed by atoms with Gasteiger partial charge in [-0.25, -0.2) is 0 Å². The highest BCUT2D eigenvalue weighted by atomic mass is 16.1. The average Bonchev–Trinajstić information content (AvgIpc) is 2.17. The lowest BCUT2D eigenvalue weighted by Gasteiger charge is -2.37. The number of nitrogens with one attached hydrogen (secondary N) is 1. The van der Waals surface area contributed by atoms with Crippen LogP contribution in [0.5, 0.6) is 0 Å². The molecular formula is C9H16N2O.